The van der Waals surface area contributed by atoms with Crippen LogP contribution in [0, 0.1) is 11.3 Å². The zero-order valence-corrected chi connectivity index (χ0v) is 11.3. The SMILES string of the molecule is CCC1CCCN(C(=O)C2(C)CCCNC2)C1. The third-order valence-electron chi connectivity index (χ3n) is 4.50. The van der Waals surface area contributed by atoms with Crippen LogP contribution in [0.2, 0.25) is 0 Å². The first-order chi connectivity index (χ1) is 8.15. The van der Waals surface area contributed by atoms with Gasteiger partial charge >= 0.3 is 0 Å². The van der Waals surface area contributed by atoms with E-state index < -0.39 is 0 Å². The Labute approximate surface area is 105 Å². The summed E-state index contributed by atoms with van der Waals surface area (Å²) in [7, 11) is 0. The van der Waals surface area contributed by atoms with Crippen LogP contribution in [0.5, 0.6) is 0 Å². The average Bonchev–Trinajstić information content (AvgIpc) is 2.39. The summed E-state index contributed by atoms with van der Waals surface area (Å²) in [6.07, 6.45) is 5.88. The van der Waals surface area contributed by atoms with Gasteiger partial charge in [-0.3, -0.25) is 4.79 Å². The van der Waals surface area contributed by atoms with E-state index in [2.05, 4.69) is 24.1 Å². The van der Waals surface area contributed by atoms with Crippen LogP contribution in [0.25, 0.3) is 0 Å². The highest BCUT2D eigenvalue weighted by atomic mass is 16.2. The van der Waals surface area contributed by atoms with Gasteiger partial charge in [0.25, 0.3) is 0 Å². The molecule has 0 spiro atoms. The number of carbonyl (C=O) groups is 1. The largest absolute Gasteiger partial charge is 0.342 e. The van der Waals surface area contributed by atoms with Crippen molar-refractivity contribution in [2.45, 2.75) is 46.0 Å². The van der Waals surface area contributed by atoms with Crippen LogP contribution in [0.3, 0.4) is 0 Å². The van der Waals surface area contributed by atoms with Gasteiger partial charge < -0.3 is 10.2 Å². The maximum absolute atomic E-state index is 12.6. The number of likely N-dealkylation sites (tertiary alicyclic amines) is 1. The highest BCUT2D eigenvalue weighted by Crippen LogP contribution is 2.30. The van der Waals surface area contributed by atoms with Gasteiger partial charge in [-0.05, 0) is 45.1 Å². The van der Waals surface area contributed by atoms with E-state index in [0.29, 0.717) is 5.91 Å². The van der Waals surface area contributed by atoms with Crippen LogP contribution in [0.15, 0.2) is 0 Å². The first kappa shape index (κ1) is 12.9. The minimum atomic E-state index is -0.145. The summed E-state index contributed by atoms with van der Waals surface area (Å²) in [6, 6.07) is 0. The topological polar surface area (TPSA) is 32.3 Å². The molecule has 0 bridgehead atoms. The number of nitrogens with one attached hydrogen (secondary N) is 1. The molecule has 2 unspecified atom stereocenters. The number of piperidine rings is 2. The molecule has 17 heavy (non-hydrogen) atoms. The zero-order chi connectivity index (χ0) is 12.3. The fourth-order valence-electron chi connectivity index (χ4n) is 3.20. The van der Waals surface area contributed by atoms with E-state index in [9.17, 15) is 4.79 Å². The lowest BCUT2D eigenvalue weighted by Gasteiger charge is -2.40. The van der Waals surface area contributed by atoms with Gasteiger partial charge in [0.15, 0.2) is 0 Å². The molecule has 0 saturated carbocycles. The lowest BCUT2D eigenvalue weighted by Crippen LogP contribution is -2.52. The van der Waals surface area contributed by atoms with Gasteiger partial charge in [-0.25, -0.2) is 0 Å². The fraction of sp³-hybridized carbons (Fsp3) is 0.929. The fourth-order valence-corrected chi connectivity index (χ4v) is 3.20. The van der Waals surface area contributed by atoms with E-state index in [4.69, 9.17) is 0 Å². The summed E-state index contributed by atoms with van der Waals surface area (Å²) >= 11 is 0. The zero-order valence-electron chi connectivity index (χ0n) is 11.3. The molecule has 0 aromatic carbocycles. The lowest BCUT2D eigenvalue weighted by molar-refractivity contribution is -0.144. The number of rotatable bonds is 2. The highest BCUT2D eigenvalue weighted by Gasteiger charge is 2.38. The molecule has 1 amide bonds. The normalized spacial score (nSPS) is 34.7. The third-order valence-corrected chi connectivity index (χ3v) is 4.50. The Hall–Kier alpha value is -0.570. The van der Waals surface area contributed by atoms with Crippen molar-refractivity contribution in [3.63, 3.8) is 0 Å². The molecule has 2 saturated heterocycles. The van der Waals surface area contributed by atoms with Gasteiger partial charge in [0, 0.05) is 19.6 Å². The third kappa shape index (κ3) is 2.82. The summed E-state index contributed by atoms with van der Waals surface area (Å²) in [6.45, 7) is 8.27. The van der Waals surface area contributed by atoms with E-state index in [1.54, 1.807) is 0 Å². The van der Waals surface area contributed by atoms with Crippen LogP contribution in [0.1, 0.15) is 46.0 Å². The Morgan fingerprint density at radius 3 is 2.94 bits per heavy atom. The van der Waals surface area contributed by atoms with Gasteiger partial charge in [0.1, 0.15) is 0 Å². The Morgan fingerprint density at radius 1 is 1.47 bits per heavy atom. The van der Waals surface area contributed by atoms with Crippen LogP contribution in [0.4, 0.5) is 0 Å². The van der Waals surface area contributed by atoms with Crippen molar-refractivity contribution in [3.8, 4) is 0 Å². The number of hydrogen-bond acceptors (Lipinski definition) is 2. The van der Waals surface area contributed by atoms with Crippen LogP contribution >= 0.6 is 0 Å². The number of nitrogens with zero attached hydrogens (tertiary/aromatic N) is 1. The molecular formula is C14H26N2O. The number of hydrogen-bond donors (Lipinski definition) is 1. The Bertz CT molecular complexity index is 271. The van der Waals surface area contributed by atoms with Crippen molar-refractivity contribution in [2.75, 3.05) is 26.2 Å². The van der Waals surface area contributed by atoms with E-state index >= 15 is 0 Å². The standard InChI is InChI=1S/C14H26N2O/c1-3-12-6-4-9-16(10-12)13(17)14(2)7-5-8-15-11-14/h12,15H,3-11H2,1-2H3. The summed E-state index contributed by atoms with van der Waals surface area (Å²) in [5, 5.41) is 3.37. The number of carbonyl (C=O) groups excluding carboxylic acids is 1. The van der Waals surface area contributed by atoms with Crippen molar-refractivity contribution in [3.05, 3.63) is 0 Å². The van der Waals surface area contributed by atoms with Crippen LogP contribution in [-0.2, 0) is 4.79 Å². The van der Waals surface area contributed by atoms with E-state index in [0.717, 1.165) is 44.9 Å². The summed E-state index contributed by atoms with van der Waals surface area (Å²) in [5.74, 6) is 1.12. The van der Waals surface area contributed by atoms with Gasteiger partial charge in [-0.15, -0.1) is 0 Å². The molecule has 2 aliphatic rings. The summed E-state index contributed by atoms with van der Waals surface area (Å²) < 4.78 is 0. The lowest BCUT2D eigenvalue weighted by atomic mass is 9.80. The Morgan fingerprint density at radius 2 is 2.29 bits per heavy atom. The van der Waals surface area contributed by atoms with Crippen molar-refractivity contribution < 1.29 is 4.79 Å². The average molecular weight is 238 g/mol. The predicted octanol–water partition coefficient (Wildman–Crippen LogP) is 2.02. The molecule has 2 fully saturated rings. The molecule has 2 atom stereocenters. The quantitative estimate of drug-likeness (QED) is 0.798. The van der Waals surface area contributed by atoms with Gasteiger partial charge in [0.05, 0.1) is 5.41 Å². The molecule has 1 N–H and O–H groups in total. The second-order valence-electron chi connectivity index (χ2n) is 6.01. The summed E-state index contributed by atoms with van der Waals surface area (Å²) in [5.41, 5.74) is -0.145. The number of amides is 1. The Balaban J connectivity index is 1.98. The monoisotopic (exact) mass is 238 g/mol. The second kappa shape index (κ2) is 5.38. The smallest absolute Gasteiger partial charge is 0.229 e. The molecule has 3 heteroatoms. The summed E-state index contributed by atoms with van der Waals surface area (Å²) in [4.78, 5) is 14.8. The highest BCUT2D eigenvalue weighted by molar-refractivity contribution is 5.82. The first-order valence-corrected chi connectivity index (χ1v) is 7.16. The van der Waals surface area contributed by atoms with Crippen LogP contribution in [-0.4, -0.2) is 37.0 Å². The molecule has 2 aliphatic heterocycles. The molecule has 0 aromatic heterocycles. The van der Waals surface area contributed by atoms with Crippen molar-refractivity contribution in [2.24, 2.45) is 11.3 Å². The van der Waals surface area contributed by atoms with Crippen LogP contribution < -0.4 is 5.32 Å². The van der Waals surface area contributed by atoms with Gasteiger partial charge in [0.2, 0.25) is 5.91 Å². The van der Waals surface area contributed by atoms with E-state index in [-0.39, 0.29) is 5.41 Å². The molecule has 0 radical (unpaired) electrons. The Kier molecular flexibility index (Phi) is 4.08. The van der Waals surface area contributed by atoms with E-state index in [1.807, 2.05) is 0 Å². The maximum Gasteiger partial charge on any atom is 0.229 e. The first-order valence-electron chi connectivity index (χ1n) is 7.16. The minimum absolute atomic E-state index is 0.145. The predicted molar refractivity (Wildman–Crippen MR) is 69.8 cm³/mol. The van der Waals surface area contributed by atoms with Crippen molar-refractivity contribution in [1.82, 2.24) is 10.2 Å². The molecule has 0 aromatic rings. The molecule has 0 aliphatic carbocycles. The van der Waals surface area contributed by atoms with Gasteiger partial charge in [-0.2, -0.15) is 0 Å². The molecule has 3 nitrogen and oxygen atoms in total. The maximum atomic E-state index is 12.6. The van der Waals surface area contributed by atoms with E-state index in [1.165, 1.54) is 19.3 Å². The second-order valence-corrected chi connectivity index (χ2v) is 6.01. The molecule has 2 rings (SSSR count). The minimum Gasteiger partial charge on any atom is -0.342 e. The molecule has 98 valence electrons. The van der Waals surface area contributed by atoms with Crippen molar-refractivity contribution in [1.29, 1.82) is 0 Å². The molecule has 2 heterocycles. The van der Waals surface area contributed by atoms with Crippen molar-refractivity contribution >= 4 is 5.91 Å². The molecular weight excluding hydrogens is 212 g/mol. The van der Waals surface area contributed by atoms with Gasteiger partial charge in [-0.1, -0.05) is 13.3 Å².